The Balaban J connectivity index is 1.40. The largest absolute Gasteiger partial charge is 0.454 e. The number of hydrogen-bond acceptors (Lipinski definition) is 6. The van der Waals surface area contributed by atoms with Gasteiger partial charge in [0, 0.05) is 19.9 Å². The minimum absolute atomic E-state index is 0.0632. The molecule has 0 bridgehead atoms. The van der Waals surface area contributed by atoms with Crippen molar-refractivity contribution in [1.29, 1.82) is 0 Å². The summed E-state index contributed by atoms with van der Waals surface area (Å²) < 4.78 is 15.7. The zero-order valence-corrected chi connectivity index (χ0v) is 13.5. The lowest BCUT2D eigenvalue weighted by atomic mass is 10.1. The summed E-state index contributed by atoms with van der Waals surface area (Å²) in [7, 11) is 0. The molecule has 0 unspecified atom stereocenters. The van der Waals surface area contributed by atoms with Crippen LogP contribution in [-0.4, -0.2) is 34.3 Å². The number of rotatable bonds is 4. The lowest BCUT2D eigenvalue weighted by Gasteiger charge is -2.22. The van der Waals surface area contributed by atoms with E-state index in [0.29, 0.717) is 24.6 Å². The van der Waals surface area contributed by atoms with Gasteiger partial charge in [0.05, 0.1) is 6.04 Å². The second-order valence-corrected chi connectivity index (χ2v) is 6.10. The van der Waals surface area contributed by atoms with Gasteiger partial charge in [0.2, 0.25) is 18.6 Å². The fraction of sp³-hybridized carbons (Fsp3) is 0.471. The maximum absolute atomic E-state index is 12.6. The van der Waals surface area contributed by atoms with Crippen molar-refractivity contribution < 1.29 is 18.8 Å². The molecule has 0 aliphatic carbocycles. The molecule has 2 aliphatic rings. The van der Waals surface area contributed by atoms with Gasteiger partial charge in [0.15, 0.2) is 17.3 Å². The Morgan fingerprint density at radius 1 is 1.33 bits per heavy atom. The molecule has 1 atom stereocenters. The Kier molecular flexibility index (Phi) is 3.84. The lowest BCUT2D eigenvalue weighted by Crippen LogP contribution is -2.31. The third-order valence-corrected chi connectivity index (χ3v) is 4.48. The molecule has 24 heavy (non-hydrogen) atoms. The predicted molar refractivity (Wildman–Crippen MR) is 83.6 cm³/mol. The molecule has 1 saturated heterocycles. The van der Waals surface area contributed by atoms with Crippen LogP contribution in [0.5, 0.6) is 11.5 Å². The van der Waals surface area contributed by atoms with Gasteiger partial charge in [-0.2, -0.15) is 4.98 Å². The van der Waals surface area contributed by atoms with Crippen molar-refractivity contribution in [2.75, 3.05) is 13.3 Å². The molecular formula is C17H19N3O4. The number of carbonyl (C=O) groups excluding carboxylic acids is 1. The molecule has 1 amide bonds. The Hall–Kier alpha value is -2.57. The van der Waals surface area contributed by atoms with Crippen molar-refractivity contribution in [3.8, 4) is 11.5 Å². The molecule has 4 rings (SSSR count). The minimum atomic E-state index is -0.0632. The van der Waals surface area contributed by atoms with Crippen LogP contribution >= 0.6 is 0 Å². The first-order chi connectivity index (χ1) is 11.7. The summed E-state index contributed by atoms with van der Waals surface area (Å²) in [6.45, 7) is 2.77. The molecule has 2 aliphatic heterocycles. The van der Waals surface area contributed by atoms with Crippen molar-refractivity contribution in [1.82, 2.24) is 15.0 Å². The molecule has 7 nitrogen and oxygen atoms in total. The molecule has 1 aromatic heterocycles. The van der Waals surface area contributed by atoms with E-state index >= 15 is 0 Å². The van der Waals surface area contributed by atoms with E-state index in [4.69, 9.17) is 14.0 Å². The van der Waals surface area contributed by atoms with E-state index < -0.39 is 0 Å². The first kappa shape index (κ1) is 15.0. The van der Waals surface area contributed by atoms with Crippen LogP contribution in [0.2, 0.25) is 0 Å². The van der Waals surface area contributed by atoms with E-state index in [-0.39, 0.29) is 18.7 Å². The first-order valence-electron chi connectivity index (χ1n) is 8.19. The zero-order chi connectivity index (χ0) is 16.5. The fourth-order valence-electron chi connectivity index (χ4n) is 3.28. The van der Waals surface area contributed by atoms with Crippen LogP contribution in [0, 0.1) is 6.92 Å². The SMILES string of the molecule is Cc1nc([C@H]2CCCN2C(=O)CCc2ccc3c(c2)OCO3)no1. The van der Waals surface area contributed by atoms with Crippen LogP contribution in [-0.2, 0) is 11.2 Å². The number of fused-ring (bicyclic) bond motifs is 1. The quantitative estimate of drug-likeness (QED) is 0.857. The molecule has 7 heteroatoms. The molecular weight excluding hydrogens is 310 g/mol. The van der Waals surface area contributed by atoms with Gasteiger partial charge in [0.25, 0.3) is 0 Å². The summed E-state index contributed by atoms with van der Waals surface area (Å²) in [5.41, 5.74) is 1.07. The third kappa shape index (κ3) is 2.81. The van der Waals surface area contributed by atoms with E-state index in [1.54, 1.807) is 6.92 Å². The van der Waals surface area contributed by atoms with E-state index in [1.807, 2.05) is 23.1 Å². The molecule has 126 valence electrons. The molecule has 3 heterocycles. The second kappa shape index (κ2) is 6.14. The van der Waals surface area contributed by atoms with Gasteiger partial charge >= 0.3 is 0 Å². The van der Waals surface area contributed by atoms with Crippen molar-refractivity contribution in [2.24, 2.45) is 0 Å². The standard InChI is InChI=1S/C17H19N3O4/c1-11-18-17(19-24-11)13-3-2-8-20(13)16(21)7-5-12-4-6-14-15(9-12)23-10-22-14/h4,6,9,13H,2-3,5,7-8,10H2,1H3/t13-/m1/s1. The summed E-state index contributed by atoms with van der Waals surface area (Å²) in [6, 6.07) is 5.75. The van der Waals surface area contributed by atoms with Crippen LogP contribution in [0.1, 0.15) is 42.6 Å². The van der Waals surface area contributed by atoms with Crippen molar-refractivity contribution in [3.05, 3.63) is 35.5 Å². The van der Waals surface area contributed by atoms with Crippen molar-refractivity contribution in [2.45, 2.75) is 38.6 Å². The van der Waals surface area contributed by atoms with E-state index in [9.17, 15) is 4.79 Å². The molecule has 0 N–H and O–H groups in total. The molecule has 0 saturated carbocycles. The van der Waals surface area contributed by atoms with Gasteiger partial charge in [-0.25, -0.2) is 0 Å². The first-order valence-corrected chi connectivity index (χ1v) is 8.19. The zero-order valence-electron chi connectivity index (χ0n) is 13.5. The van der Waals surface area contributed by atoms with Crippen LogP contribution in [0.3, 0.4) is 0 Å². The van der Waals surface area contributed by atoms with Gasteiger partial charge in [-0.05, 0) is 37.0 Å². The highest BCUT2D eigenvalue weighted by Gasteiger charge is 2.32. The summed E-state index contributed by atoms with van der Waals surface area (Å²) in [5, 5.41) is 3.98. The van der Waals surface area contributed by atoms with Crippen LogP contribution < -0.4 is 9.47 Å². The number of nitrogens with zero attached hydrogens (tertiary/aromatic N) is 3. The molecule has 1 aromatic carbocycles. The number of ether oxygens (including phenoxy) is 2. The number of aryl methyl sites for hydroxylation is 2. The number of hydrogen-bond donors (Lipinski definition) is 0. The predicted octanol–water partition coefficient (Wildman–Crippen LogP) is 2.40. The molecule has 0 spiro atoms. The Morgan fingerprint density at radius 3 is 3.04 bits per heavy atom. The highest BCUT2D eigenvalue weighted by atomic mass is 16.7. The van der Waals surface area contributed by atoms with E-state index in [0.717, 1.165) is 36.4 Å². The average molecular weight is 329 g/mol. The summed E-state index contributed by atoms with van der Waals surface area (Å²) in [5.74, 6) is 2.78. The van der Waals surface area contributed by atoms with Gasteiger partial charge < -0.3 is 18.9 Å². The van der Waals surface area contributed by atoms with E-state index in [1.165, 1.54) is 0 Å². The summed E-state index contributed by atoms with van der Waals surface area (Å²) in [6.07, 6.45) is 2.97. The lowest BCUT2D eigenvalue weighted by molar-refractivity contribution is -0.132. The van der Waals surface area contributed by atoms with Crippen LogP contribution in [0.15, 0.2) is 22.7 Å². The number of likely N-dealkylation sites (tertiary alicyclic amines) is 1. The highest BCUT2D eigenvalue weighted by Crippen LogP contribution is 2.34. The Labute approximate surface area is 139 Å². The number of benzene rings is 1. The highest BCUT2D eigenvalue weighted by molar-refractivity contribution is 5.77. The smallest absolute Gasteiger partial charge is 0.231 e. The monoisotopic (exact) mass is 329 g/mol. The average Bonchev–Trinajstić information content (AvgIpc) is 3.31. The molecule has 1 fully saturated rings. The molecule has 0 radical (unpaired) electrons. The maximum atomic E-state index is 12.6. The third-order valence-electron chi connectivity index (χ3n) is 4.48. The fourth-order valence-corrected chi connectivity index (χ4v) is 3.28. The van der Waals surface area contributed by atoms with E-state index in [2.05, 4.69) is 10.1 Å². The van der Waals surface area contributed by atoms with Crippen molar-refractivity contribution in [3.63, 3.8) is 0 Å². The topological polar surface area (TPSA) is 77.7 Å². The number of aromatic nitrogens is 2. The number of carbonyl (C=O) groups is 1. The number of amides is 1. The maximum Gasteiger partial charge on any atom is 0.231 e. The Bertz CT molecular complexity index is 758. The van der Waals surface area contributed by atoms with Gasteiger partial charge in [-0.15, -0.1) is 0 Å². The van der Waals surface area contributed by atoms with Gasteiger partial charge in [0.1, 0.15) is 0 Å². The van der Waals surface area contributed by atoms with Crippen LogP contribution in [0.4, 0.5) is 0 Å². The summed E-state index contributed by atoms with van der Waals surface area (Å²) in [4.78, 5) is 18.8. The second-order valence-electron chi connectivity index (χ2n) is 6.10. The Morgan fingerprint density at radius 2 is 2.21 bits per heavy atom. The van der Waals surface area contributed by atoms with Gasteiger partial charge in [-0.1, -0.05) is 11.2 Å². The summed E-state index contributed by atoms with van der Waals surface area (Å²) >= 11 is 0. The normalized spacial score (nSPS) is 19.0. The van der Waals surface area contributed by atoms with Gasteiger partial charge in [-0.3, -0.25) is 4.79 Å². The minimum Gasteiger partial charge on any atom is -0.454 e. The van der Waals surface area contributed by atoms with Crippen LogP contribution in [0.25, 0.3) is 0 Å². The molecule has 2 aromatic rings. The van der Waals surface area contributed by atoms with Crippen molar-refractivity contribution >= 4 is 5.91 Å².